The third kappa shape index (κ3) is 3.01. The Balaban J connectivity index is 1.36. The topological polar surface area (TPSA) is 76.0 Å². The van der Waals surface area contributed by atoms with E-state index in [0.29, 0.717) is 24.8 Å². The normalized spacial score (nSPS) is 15.2. The number of imidazole rings is 1. The highest BCUT2D eigenvalue weighted by Crippen LogP contribution is 2.30. The van der Waals surface area contributed by atoms with Crippen molar-refractivity contribution in [3.63, 3.8) is 0 Å². The van der Waals surface area contributed by atoms with Crippen molar-refractivity contribution in [3.05, 3.63) is 54.1 Å². The van der Waals surface area contributed by atoms with Crippen molar-refractivity contribution in [1.82, 2.24) is 24.4 Å². The van der Waals surface area contributed by atoms with Crippen LogP contribution in [0.15, 0.2) is 42.6 Å². The van der Waals surface area contributed by atoms with Crippen LogP contribution in [0.1, 0.15) is 42.1 Å². The van der Waals surface area contributed by atoms with Gasteiger partial charge in [-0.05, 0) is 43.2 Å². The van der Waals surface area contributed by atoms with E-state index < -0.39 is 0 Å². The summed E-state index contributed by atoms with van der Waals surface area (Å²) in [5.41, 5.74) is 3.41. The number of aromatic nitrogens is 4. The number of benzene rings is 1. The molecule has 0 bridgehead atoms. The van der Waals surface area contributed by atoms with Gasteiger partial charge in [0, 0.05) is 42.7 Å². The van der Waals surface area contributed by atoms with Crippen molar-refractivity contribution in [2.45, 2.75) is 32.2 Å². The van der Waals surface area contributed by atoms with Gasteiger partial charge in [0.1, 0.15) is 22.8 Å². The molecule has 1 amide bonds. The third-order valence-electron chi connectivity index (χ3n) is 6.03. The Labute approximate surface area is 174 Å². The minimum atomic E-state index is 0.0380. The molecule has 5 rings (SSSR count). The SMILES string of the molecule is CCc1nc2cccnc2n1C1CCN(C(=O)c2cc3c(OC)cccc3[nH]2)CC1. The first-order valence-electron chi connectivity index (χ1n) is 10.5. The van der Waals surface area contributed by atoms with E-state index in [1.807, 2.05) is 47.5 Å². The molecule has 7 nitrogen and oxygen atoms in total. The Morgan fingerprint density at radius 2 is 2.07 bits per heavy atom. The molecule has 0 saturated carbocycles. The smallest absolute Gasteiger partial charge is 0.270 e. The van der Waals surface area contributed by atoms with Crippen LogP contribution in [0, 0.1) is 0 Å². The summed E-state index contributed by atoms with van der Waals surface area (Å²) >= 11 is 0. The van der Waals surface area contributed by atoms with Crippen molar-refractivity contribution in [2.24, 2.45) is 0 Å². The molecule has 7 heteroatoms. The maximum absolute atomic E-state index is 13.1. The quantitative estimate of drug-likeness (QED) is 0.560. The largest absolute Gasteiger partial charge is 0.496 e. The number of pyridine rings is 1. The summed E-state index contributed by atoms with van der Waals surface area (Å²) in [6.45, 7) is 3.55. The summed E-state index contributed by atoms with van der Waals surface area (Å²) in [5, 5.41) is 0.932. The molecule has 1 fully saturated rings. The number of hydrogen-bond donors (Lipinski definition) is 1. The average molecular weight is 403 g/mol. The zero-order valence-corrected chi connectivity index (χ0v) is 17.3. The maximum Gasteiger partial charge on any atom is 0.270 e. The van der Waals surface area contributed by atoms with Crippen LogP contribution in [0.5, 0.6) is 5.75 Å². The molecule has 0 radical (unpaired) electrons. The first kappa shape index (κ1) is 18.7. The van der Waals surface area contributed by atoms with Crippen LogP contribution in [-0.2, 0) is 6.42 Å². The molecule has 1 saturated heterocycles. The van der Waals surface area contributed by atoms with Crippen molar-refractivity contribution in [2.75, 3.05) is 20.2 Å². The zero-order valence-electron chi connectivity index (χ0n) is 17.3. The minimum Gasteiger partial charge on any atom is -0.496 e. The summed E-state index contributed by atoms with van der Waals surface area (Å²) < 4.78 is 7.70. The van der Waals surface area contributed by atoms with Gasteiger partial charge in [0.25, 0.3) is 5.91 Å². The van der Waals surface area contributed by atoms with Crippen molar-refractivity contribution >= 4 is 28.0 Å². The molecule has 0 unspecified atom stereocenters. The lowest BCUT2D eigenvalue weighted by Gasteiger charge is -2.33. The van der Waals surface area contributed by atoms with Crippen molar-refractivity contribution < 1.29 is 9.53 Å². The van der Waals surface area contributed by atoms with E-state index in [1.54, 1.807) is 7.11 Å². The van der Waals surface area contributed by atoms with Crippen LogP contribution < -0.4 is 4.74 Å². The fraction of sp³-hybridized carbons (Fsp3) is 0.348. The third-order valence-corrected chi connectivity index (χ3v) is 6.03. The number of aryl methyl sites for hydroxylation is 1. The van der Waals surface area contributed by atoms with Crippen molar-refractivity contribution in [1.29, 1.82) is 0 Å². The van der Waals surface area contributed by atoms with E-state index in [-0.39, 0.29) is 5.91 Å². The lowest BCUT2D eigenvalue weighted by Crippen LogP contribution is -2.39. The Bertz CT molecular complexity index is 1220. The fourth-order valence-corrected chi connectivity index (χ4v) is 4.53. The predicted molar refractivity (Wildman–Crippen MR) is 116 cm³/mol. The number of fused-ring (bicyclic) bond motifs is 2. The number of H-pyrrole nitrogens is 1. The summed E-state index contributed by atoms with van der Waals surface area (Å²) in [6, 6.07) is 11.9. The molecule has 3 aromatic heterocycles. The van der Waals surface area contributed by atoms with E-state index in [2.05, 4.69) is 21.5 Å². The summed E-state index contributed by atoms with van der Waals surface area (Å²) in [7, 11) is 1.65. The second-order valence-corrected chi connectivity index (χ2v) is 7.73. The van der Waals surface area contributed by atoms with Gasteiger partial charge in [-0.2, -0.15) is 0 Å². The van der Waals surface area contributed by atoms with E-state index in [1.165, 1.54) is 0 Å². The van der Waals surface area contributed by atoms with Crippen LogP contribution in [0.4, 0.5) is 0 Å². The maximum atomic E-state index is 13.1. The number of rotatable bonds is 4. The van der Waals surface area contributed by atoms with E-state index in [0.717, 1.165) is 52.9 Å². The molecule has 1 aliphatic heterocycles. The minimum absolute atomic E-state index is 0.0380. The first-order chi connectivity index (χ1) is 14.7. The monoisotopic (exact) mass is 403 g/mol. The number of amides is 1. The molecule has 1 aliphatic rings. The van der Waals surface area contributed by atoms with Crippen LogP contribution in [-0.4, -0.2) is 50.5 Å². The molecule has 30 heavy (non-hydrogen) atoms. The van der Waals surface area contributed by atoms with Crippen LogP contribution in [0.3, 0.4) is 0 Å². The highest BCUT2D eigenvalue weighted by Gasteiger charge is 2.28. The molecular weight excluding hydrogens is 378 g/mol. The highest BCUT2D eigenvalue weighted by atomic mass is 16.5. The number of carbonyl (C=O) groups is 1. The zero-order chi connectivity index (χ0) is 20.7. The Morgan fingerprint density at radius 3 is 2.83 bits per heavy atom. The molecular formula is C23H25N5O2. The van der Waals surface area contributed by atoms with Gasteiger partial charge in [0.15, 0.2) is 5.65 Å². The van der Waals surface area contributed by atoms with Gasteiger partial charge in [-0.15, -0.1) is 0 Å². The van der Waals surface area contributed by atoms with Gasteiger partial charge in [-0.3, -0.25) is 4.79 Å². The van der Waals surface area contributed by atoms with Gasteiger partial charge < -0.3 is 19.2 Å². The molecule has 0 atom stereocenters. The molecule has 4 heterocycles. The Hall–Kier alpha value is -3.35. The molecule has 1 N–H and O–H groups in total. The molecule has 0 aliphatic carbocycles. The van der Waals surface area contributed by atoms with Gasteiger partial charge in [-0.25, -0.2) is 9.97 Å². The molecule has 1 aromatic carbocycles. The number of piperidine rings is 1. The first-order valence-corrected chi connectivity index (χ1v) is 10.5. The standard InChI is InChI=1S/C23H25N5O2/c1-3-21-26-18-7-5-11-24-22(18)28(21)15-9-12-27(13-10-15)23(29)19-14-16-17(25-19)6-4-8-20(16)30-2/h4-8,11,14-15,25H,3,9-10,12-13H2,1-2H3. The molecule has 0 spiro atoms. The Morgan fingerprint density at radius 1 is 1.23 bits per heavy atom. The fourth-order valence-electron chi connectivity index (χ4n) is 4.53. The molecule has 4 aromatic rings. The lowest BCUT2D eigenvalue weighted by atomic mass is 10.0. The number of aromatic amines is 1. The Kier molecular flexibility index (Phi) is 4.65. The number of nitrogens with zero attached hydrogens (tertiary/aromatic N) is 4. The lowest BCUT2D eigenvalue weighted by molar-refractivity contribution is 0.0690. The van der Waals surface area contributed by atoms with Gasteiger partial charge in [0.2, 0.25) is 0 Å². The number of nitrogens with one attached hydrogen (secondary N) is 1. The van der Waals surface area contributed by atoms with Crippen LogP contribution >= 0.6 is 0 Å². The van der Waals surface area contributed by atoms with Crippen LogP contribution in [0.25, 0.3) is 22.1 Å². The molecule has 154 valence electrons. The van der Waals surface area contributed by atoms with Gasteiger partial charge in [0.05, 0.1) is 7.11 Å². The second kappa shape index (κ2) is 7.48. The number of ether oxygens (including phenoxy) is 1. The number of likely N-dealkylation sites (tertiary alicyclic amines) is 1. The number of hydrogen-bond acceptors (Lipinski definition) is 4. The highest BCUT2D eigenvalue weighted by molar-refractivity contribution is 5.99. The number of methoxy groups -OCH3 is 1. The van der Waals surface area contributed by atoms with E-state index in [9.17, 15) is 4.79 Å². The summed E-state index contributed by atoms with van der Waals surface area (Å²) in [6.07, 6.45) is 4.48. The number of carbonyl (C=O) groups excluding carboxylic acids is 1. The van der Waals surface area contributed by atoms with E-state index in [4.69, 9.17) is 9.72 Å². The van der Waals surface area contributed by atoms with Crippen LogP contribution in [0.2, 0.25) is 0 Å². The van der Waals surface area contributed by atoms with Crippen molar-refractivity contribution in [3.8, 4) is 5.75 Å². The summed E-state index contributed by atoms with van der Waals surface area (Å²) in [4.78, 5) is 27.6. The summed E-state index contributed by atoms with van der Waals surface area (Å²) in [5.74, 6) is 1.88. The average Bonchev–Trinajstić information content (AvgIpc) is 3.40. The van der Waals surface area contributed by atoms with Gasteiger partial charge >= 0.3 is 0 Å². The van der Waals surface area contributed by atoms with E-state index >= 15 is 0 Å². The van der Waals surface area contributed by atoms with Gasteiger partial charge in [-0.1, -0.05) is 13.0 Å². The predicted octanol–water partition coefficient (Wildman–Crippen LogP) is 3.96. The second-order valence-electron chi connectivity index (χ2n) is 7.73.